The monoisotopic (exact) mass is 729 g/mol. The van der Waals surface area contributed by atoms with Crippen LogP contribution in [-0.2, 0) is 4.52 Å². The molecular weight excluding hydrogens is 687 g/mol. The Kier molecular flexibility index (Phi) is 10.6. The van der Waals surface area contributed by atoms with Gasteiger partial charge in [0.05, 0.1) is 6.10 Å². The van der Waals surface area contributed by atoms with E-state index in [1.165, 1.54) is 0 Å². The molecule has 1 unspecified atom stereocenters. The van der Waals surface area contributed by atoms with Crippen molar-refractivity contribution in [3.8, 4) is 28.7 Å². The first-order valence-corrected chi connectivity index (χ1v) is 20.9. The molecule has 5 aromatic rings. The standard InChI is InChI=1S/C38H42N3O6P3/c1-28(2)42-48(43-34-18-8-29(3)9-19-34)39-49(44-35-20-10-30(4)11-21-35,45-36-22-12-31(5)13-23-36)41-50(40-48,46-37-24-14-32(6)15-25-37)47-38-26-16-33(7)17-27-38/h8-28H,1-7H3. The molecule has 5 aromatic carbocycles. The van der Waals surface area contributed by atoms with Gasteiger partial charge in [-0.2, -0.15) is 0 Å². The SMILES string of the molecule is Cc1ccc(OP2(Oc3ccc(C)cc3)=NP(Oc3ccc(C)cc3)(Oc3ccc(C)cc3)=NP(Oc3ccc(C)cc3)(OC(C)C)=N2)cc1. The number of hydrogen-bond acceptors (Lipinski definition) is 9. The van der Waals surface area contributed by atoms with Gasteiger partial charge in [0.25, 0.3) is 0 Å². The predicted octanol–water partition coefficient (Wildman–Crippen LogP) is 13.2. The maximum Gasteiger partial charge on any atom is 0.460 e. The van der Waals surface area contributed by atoms with Crippen molar-refractivity contribution in [3.63, 3.8) is 0 Å². The maximum atomic E-state index is 6.83. The van der Waals surface area contributed by atoms with Crippen LogP contribution in [0.3, 0.4) is 0 Å². The fourth-order valence-electron chi connectivity index (χ4n) is 4.72. The van der Waals surface area contributed by atoms with E-state index in [1.807, 2.05) is 170 Å². The molecule has 0 spiro atoms. The van der Waals surface area contributed by atoms with Crippen LogP contribution in [0.25, 0.3) is 0 Å². The summed E-state index contributed by atoms with van der Waals surface area (Å²) < 4.78 is 56.4. The first kappa shape index (κ1) is 35.6. The molecule has 0 saturated carbocycles. The summed E-state index contributed by atoms with van der Waals surface area (Å²) in [6.45, 7) is 13.9. The molecule has 0 saturated heterocycles. The van der Waals surface area contributed by atoms with Gasteiger partial charge >= 0.3 is 23.0 Å². The largest absolute Gasteiger partial charge is 0.460 e. The minimum absolute atomic E-state index is 0.374. The zero-order valence-corrected chi connectivity index (χ0v) is 31.9. The minimum atomic E-state index is -3.85. The van der Waals surface area contributed by atoms with Gasteiger partial charge in [0.15, 0.2) is 0 Å². The Bertz CT molecular complexity index is 1900. The zero-order chi connectivity index (χ0) is 35.4. The summed E-state index contributed by atoms with van der Waals surface area (Å²) in [5, 5.41) is 0. The minimum Gasteiger partial charge on any atom is -0.422 e. The van der Waals surface area contributed by atoms with Crippen molar-refractivity contribution in [3.05, 3.63) is 149 Å². The summed E-state index contributed by atoms with van der Waals surface area (Å²) in [5.74, 6) is 2.48. The molecule has 1 heterocycles. The van der Waals surface area contributed by atoms with Gasteiger partial charge in [-0.3, -0.25) is 4.52 Å². The molecule has 50 heavy (non-hydrogen) atoms. The summed E-state index contributed by atoms with van der Waals surface area (Å²) in [6.07, 6.45) is -0.374. The molecule has 0 fully saturated rings. The molecule has 0 aromatic heterocycles. The van der Waals surface area contributed by atoms with Gasteiger partial charge in [-0.25, -0.2) is 0 Å². The molecule has 260 valence electrons. The Balaban J connectivity index is 1.68. The van der Waals surface area contributed by atoms with Crippen molar-refractivity contribution in [2.75, 3.05) is 0 Å². The summed E-state index contributed by atoms with van der Waals surface area (Å²) in [7, 11) is -11.5. The zero-order valence-electron chi connectivity index (χ0n) is 29.3. The second kappa shape index (κ2) is 14.9. The van der Waals surface area contributed by atoms with Crippen LogP contribution in [0, 0.1) is 34.6 Å². The molecule has 0 amide bonds. The van der Waals surface area contributed by atoms with E-state index in [0.29, 0.717) is 28.7 Å². The normalized spacial score (nSPS) is 17.4. The Labute approximate surface area is 295 Å². The summed E-state index contributed by atoms with van der Waals surface area (Å²) in [4.78, 5) is 0. The average molecular weight is 730 g/mol. The fraction of sp³-hybridized carbons (Fsp3) is 0.211. The van der Waals surface area contributed by atoms with Crippen LogP contribution in [0.5, 0.6) is 28.7 Å². The molecule has 1 aliphatic rings. The van der Waals surface area contributed by atoms with E-state index in [0.717, 1.165) is 27.8 Å². The van der Waals surface area contributed by atoms with Crippen LogP contribution >= 0.6 is 23.0 Å². The van der Waals surface area contributed by atoms with Crippen molar-refractivity contribution in [2.24, 2.45) is 13.5 Å². The van der Waals surface area contributed by atoms with E-state index in [2.05, 4.69) is 0 Å². The number of hydrogen-bond donors (Lipinski definition) is 0. The topological polar surface area (TPSA) is 92.5 Å². The van der Waals surface area contributed by atoms with E-state index in [4.69, 9.17) is 40.7 Å². The lowest BCUT2D eigenvalue weighted by Crippen LogP contribution is -2.12. The Hall–Kier alpha value is -4.25. The maximum absolute atomic E-state index is 6.83. The van der Waals surface area contributed by atoms with Gasteiger partial charge in [-0.05, 0) is 109 Å². The second-order valence-corrected chi connectivity index (χ2v) is 18.6. The summed E-state index contributed by atoms with van der Waals surface area (Å²) in [6, 6.07) is 38.1. The third-order valence-electron chi connectivity index (χ3n) is 7.25. The van der Waals surface area contributed by atoms with Gasteiger partial charge < -0.3 is 22.6 Å². The van der Waals surface area contributed by atoms with Crippen LogP contribution in [0.15, 0.2) is 135 Å². The molecule has 9 nitrogen and oxygen atoms in total. The number of benzene rings is 5. The third-order valence-corrected chi connectivity index (χ3v) is 15.6. The van der Waals surface area contributed by atoms with E-state index in [9.17, 15) is 0 Å². The van der Waals surface area contributed by atoms with Crippen molar-refractivity contribution >= 4 is 23.0 Å². The molecule has 0 N–H and O–H groups in total. The van der Waals surface area contributed by atoms with Crippen LogP contribution in [-0.4, -0.2) is 6.10 Å². The van der Waals surface area contributed by atoms with Crippen molar-refractivity contribution in [1.82, 2.24) is 0 Å². The van der Waals surface area contributed by atoms with Crippen LogP contribution < -0.4 is 22.6 Å². The first-order chi connectivity index (χ1) is 23.9. The highest BCUT2D eigenvalue weighted by Gasteiger charge is 2.48. The highest BCUT2D eigenvalue weighted by Crippen LogP contribution is 2.79. The van der Waals surface area contributed by atoms with Crippen LogP contribution in [0.4, 0.5) is 0 Å². The fourth-order valence-corrected chi connectivity index (χ4v) is 14.0. The first-order valence-electron chi connectivity index (χ1n) is 16.3. The van der Waals surface area contributed by atoms with Crippen LogP contribution in [0.1, 0.15) is 41.7 Å². The van der Waals surface area contributed by atoms with E-state index >= 15 is 0 Å². The smallest absolute Gasteiger partial charge is 0.422 e. The van der Waals surface area contributed by atoms with Gasteiger partial charge in [0, 0.05) is 0 Å². The van der Waals surface area contributed by atoms with Crippen molar-refractivity contribution < 1.29 is 27.1 Å². The van der Waals surface area contributed by atoms with Gasteiger partial charge in [0.2, 0.25) is 0 Å². The Morgan fingerprint density at radius 3 is 0.780 bits per heavy atom. The number of aryl methyl sites for hydroxylation is 5. The molecule has 6 rings (SSSR count). The highest BCUT2D eigenvalue weighted by atomic mass is 31.3. The van der Waals surface area contributed by atoms with Gasteiger partial charge in [0.1, 0.15) is 28.7 Å². The Morgan fingerprint density at radius 1 is 0.340 bits per heavy atom. The Morgan fingerprint density at radius 2 is 0.540 bits per heavy atom. The molecular formula is C38H42N3O6P3. The molecule has 0 bridgehead atoms. The quantitative estimate of drug-likeness (QED) is 0.119. The van der Waals surface area contributed by atoms with E-state index in [-0.39, 0.29) is 6.10 Å². The van der Waals surface area contributed by atoms with Gasteiger partial charge in [-0.1, -0.05) is 93.0 Å². The lowest BCUT2D eigenvalue weighted by molar-refractivity contribution is 0.236. The number of rotatable bonds is 12. The summed E-state index contributed by atoms with van der Waals surface area (Å²) in [5.41, 5.74) is 5.34. The van der Waals surface area contributed by atoms with Gasteiger partial charge in [-0.15, -0.1) is 9.03 Å². The predicted molar refractivity (Wildman–Crippen MR) is 203 cm³/mol. The van der Waals surface area contributed by atoms with Crippen molar-refractivity contribution in [2.45, 2.75) is 54.6 Å². The van der Waals surface area contributed by atoms with Crippen LogP contribution in [0.2, 0.25) is 0 Å². The second-order valence-electron chi connectivity index (χ2n) is 12.4. The van der Waals surface area contributed by atoms with Crippen molar-refractivity contribution in [1.29, 1.82) is 0 Å². The molecule has 0 aliphatic carbocycles. The summed E-state index contributed by atoms with van der Waals surface area (Å²) >= 11 is 0. The molecule has 0 radical (unpaired) electrons. The average Bonchev–Trinajstić information content (AvgIpc) is 3.06. The lowest BCUT2D eigenvalue weighted by atomic mass is 10.2. The van der Waals surface area contributed by atoms with E-state index in [1.54, 1.807) is 0 Å². The van der Waals surface area contributed by atoms with E-state index < -0.39 is 23.0 Å². The third kappa shape index (κ3) is 9.10. The molecule has 1 aliphatic heterocycles. The molecule has 12 heteroatoms. The molecule has 1 atom stereocenters. The number of nitrogens with zero attached hydrogens (tertiary/aromatic N) is 3. The lowest BCUT2D eigenvalue weighted by Gasteiger charge is -2.33. The highest BCUT2D eigenvalue weighted by molar-refractivity contribution is 7.79.